The van der Waals surface area contributed by atoms with Crippen LogP contribution in [0.5, 0.6) is 0 Å². The van der Waals surface area contributed by atoms with E-state index >= 15 is 0 Å². The number of carbonyl (C=O) groups is 3. The molecular weight excluding hydrogens is 386 g/mol. The van der Waals surface area contributed by atoms with Gasteiger partial charge in [0.25, 0.3) is 5.91 Å². The lowest BCUT2D eigenvalue weighted by Gasteiger charge is -2.20. The van der Waals surface area contributed by atoms with Crippen molar-refractivity contribution in [1.82, 2.24) is 25.4 Å². The second-order valence-corrected chi connectivity index (χ2v) is 7.57. The molecule has 2 N–H and O–H groups in total. The average Bonchev–Trinajstić information content (AvgIpc) is 2.89. The van der Waals surface area contributed by atoms with Crippen LogP contribution < -0.4 is 10.6 Å². The predicted molar refractivity (Wildman–Crippen MR) is 103 cm³/mol. The van der Waals surface area contributed by atoms with Crippen LogP contribution in [0.25, 0.3) is 5.82 Å². The summed E-state index contributed by atoms with van der Waals surface area (Å²) in [5.74, 6) is -1.28. The number of halogens is 1. The Kier molecular flexibility index (Phi) is 6.40. The lowest BCUT2D eigenvalue weighted by molar-refractivity contribution is -0.123. The Labute approximate surface area is 167 Å². The van der Waals surface area contributed by atoms with Gasteiger partial charge in [-0.25, -0.2) is 19.3 Å². The minimum Gasteiger partial charge on any atom is -0.451 e. The van der Waals surface area contributed by atoms with E-state index in [0.717, 1.165) is 11.4 Å². The largest absolute Gasteiger partial charge is 0.451 e. The molecule has 0 unspecified atom stereocenters. The van der Waals surface area contributed by atoms with Crippen LogP contribution in [0.15, 0.2) is 18.2 Å². The van der Waals surface area contributed by atoms with Gasteiger partial charge >= 0.3 is 12.0 Å². The number of nitrogens with zero attached hydrogens (tertiary/aromatic N) is 3. The smallest absolute Gasteiger partial charge is 0.359 e. The van der Waals surface area contributed by atoms with Gasteiger partial charge < -0.3 is 10.1 Å². The lowest BCUT2D eigenvalue weighted by Crippen LogP contribution is -2.49. The molecule has 2 aromatic rings. The molecule has 0 spiro atoms. The Bertz CT molecular complexity index is 917. The van der Waals surface area contributed by atoms with Crippen LogP contribution in [0, 0.1) is 13.8 Å². The van der Waals surface area contributed by atoms with E-state index in [9.17, 15) is 14.4 Å². The van der Waals surface area contributed by atoms with Gasteiger partial charge in [0.15, 0.2) is 18.1 Å². The van der Waals surface area contributed by atoms with E-state index in [0.29, 0.717) is 5.82 Å². The van der Waals surface area contributed by atoms with E-state index in [4.69, 9.17) is 16.3 Å². The summed E-state index contributed by atoms with van der Waals surface area (Å²) in [6.45, 7) is 8.32. The van der Waals surface area contributed by atoms with Crippen molar-refractivity contribution in [3.8, 4) is 5.82 Å². The number of aromatic nitrogens is 3. The van der Waals surface area contributed by atoms with Crippen LogP contribution in [0.2, 0.25) is 5.02 Å². The highest BCUT2D eigenvalue weighted by Crippen LogP contribution is 2.18. The number of imide groups is 1. The first-order valence-electron chi connectivity index (χ1n) is 8.45. The van der Waals surface area contributed by atoms with Crippen LogP contribution in [-0.2, 0) is 9.53 Å². The van der Waals surface area contributed by atoms with Crippen molar-refractivity contribution in [2.24, 2.45) is 0 Å². The van der Waals surface area contributed by atoms with Crippen molar-refractivity contribution in [3.63, 3.8) is 0 Å². The number of hydrogen-bond donors (Lipinski definition) is 2. The molecule has 0 aliphatic heterocycles. The van der Waals surface area contributed by atoms with Gasteiger partial charge in [0.2, 0.25) is 0 Å². The number of aryl methyl sites for hydroxylation is 2. The summed E-state index contributed by atoms with van der Waals surface area (Å²) >= 11 is 6.04. The maximum atomic E-state index is 12.3. The summed E-state index contributed by atoms with van der Waals surface area (Å²) in [5, 5.41) is 9.00. The number of ether oxygens (including phenoxy) is 1. The number of nitrogens with one attached hydrogen (secondary N) is 2. The molecule has 0 aliphatic rings. The third-order valence-corrected chi connectivity index (χ3v) is 3.63. The molecule has 0 fully saturated rings. The van der Waals surface area contributed by atoms with Crippen molar-refractivity contribution in [3.05, 3.63) is 40.3 Å². The molecule has 0 saturated heterocycles. The van der Waals surface area contributed by atoms with Gasteiger partial charge in [-0.1, -0.05) is 11.6 Å². The van der Waals surface area contributed by atoms with Gasteiger partial charge in [0, 0.05) is 11.2 Å². The SMILES string of the molecule is Cc1cc(C)n(-c2ccc(Cl)c(C(=O)OCC(=O)NC(=O)NC(C)(C)C)n2)n1. The second kappa shape index (κ2) is 8.39. The normalized spacial score (nSPS) is 11.1. The van der Waals surface area contributed by atoms with E-state index in [-0.39, 0.29) is 10.7 Å². The Morgan fingerprint density at radius 1 is 1.21 bits per heavy atom. The first-order valence-corrected chi connectivity index (χ1v) is 8.83. The quantitative estimate of drug-likeness (QED) is 0.751. The van der Waals surface area contributed by atoms with Gasteiger partial charge in [-0.05, 0) is 52.8 Å². The van der Waals surface area contributed by atoms with Crippen molar-refractivity contribution < 1.29 is 19.1 Å². The van der Waals surface area contributed by atoms with E-state index in [1.54, 1.807) is 31.5 Å². The molecule has 2 rings (SSSR count). The Morgan fingerprint density at radius 2 is 1.89 bits per heavy atom. The minimum absolute atomic E-state index is 0.0705. The van der Waals surface area contributed by atoms with E-state index in [2.05, 4.69) is 20.7 Å². The van der Waals surface area contributed by atoms with Gasteiger partial charge in [0.1, 0.15) is 0 Å². The third-order valence-electron chi connectivity index (χ3n) is 3.33. The molecule has 150 valence electrons. The van der Waals surface area contributed by atoms with Crippen LogP contribution in [-0.4, -0.2) is 44.8 Å². The molecule has 0 bridgehead atoms. The van der Waals surface area contributed by atoms with Crippen LogP contribution in [0.1, 0.15) is 42.6 Å². The number of urea groups is 1. The summed E-state index contributed by atoms with van der Waals surface area (Å²) in [4.78, 5) is 39.9. The second-order valence-electron chi connectivity index (χ2n) is 7.17. The summed E-state index contributed by atoms with van der Waals surface area (Å²) in [6, 6.07) is 4.29. The topological polar surface area (TPSA) is 115 Å². The first-order chi connectivity index (χ1) is 13.0. The molecule has 0 radical (unpaired) electrons. The monoisotopic (exact) mass is 407 g/mol. The summed E-state index contributed by atoms with van der Waals surface area (Å²) in [6.07, 6.45) is 0. The molecule has 10 heteroatoms. The first kappa shape index (κ1) is 21.4. The Morgan fingerprint density at radius 3 is 2.46 bits per heavy atom. The lowest BCUT2D eigenvalue weighted by atomic mass is 10.1. The van der Waals surface area contributed by atoms with Gasteiger partial charge in [-0.2, -0.15) is 5.10 Å². The fourth-order valence-corrected chi connectivity index (χ4v) is 2.47. The fraction of sp³-hybridized carbons (Fsp3) is 0.389. The molecular formula is C18H22ClN5O4. The predicted octanol–water partition coefficient (Wildman–Crippen LogP) is 2.32. The van der Waals surface area contributed by atoms with Crippen LogP contribution >= 0.6 is 11.6 Å². The highest BCUT2D eigenvalue weighted by Gasteiger charge is 2.20. The number of esters is 1. The van der Waals surface area contributed by atoms with Crippen molar-refractivity contribution in [1.29, 1.82) is 0 Å². The maximum Gasteiger partial charge on any atom is 0.359 e. The molecule has 0 saturated carbocycles. The minimum atomic E-state index is -0.889. The number of carbonyl (C=O) groups excluding carboxylic acids is 3. The van der Waals surface area contributed by atoms with Gasteiger partial charge in [-0.3, -0.25) is 10.1 Å². The van der Waals surface area contributed by atoms with Crippen LogP contribution in [0.3, 0.4) is 0 Å². The molecule has 9 nitrogen and oxygen atoms in total. The van der Waals surface area contributed by atoms with E-state index in [1.807, 2.05) is 19.9 Å². The molecule has 2 aromatic heterocycles. The Balaban J connectivity index is 2.04. The molecule has 0 aliphatic carbocycles. The van der Waals surface area contributed by atoms with Crippen molar-refractivity contribution in [2.75, 3.05) is 6.61 Å². The number of pyridine rings is 1. The zero-order valence-corrected chi connectivity index (χ0v) is 17.0. The van der Waals surface area contributed by atoms with Crippen LogP contribution in [0.4, 0.5) is 4.79 Å². The molecule has 0 aromatic carbocycles. The molecule has 2 heterocycles. The summed E-state index contributed by atoms with van der Waals surface area (Å²) < 4.78 is 6.48. The van der Waals surface area contributed by atoms with E-state index < -0.39 is 30.1 Å². The molecule has 0 atom stereocenters. The maximum absolute atomic E-state index is 12.3. The summed E-state index contributed by atoms with van der Waals surface area (Å²) in [5.41, 5.74) is 0.958. The third kappa shape index (κ3) is 5.78. The molecule has 28 heavy (non-hydrogen) atoms. The highest BCUT2D eigenvalue weighted by atomic mass is 35.5. The number of amides is 3. The number of hydrogen-bond acceptors (Lipinski definition) is 6. The van der Waals surface area contributed by atoms with Gasteiger partial charge in [0.05, 0.1) is 10.7 Å². The van der Waals surface area contributed by atoms with Gasteiger partial charge in [-0.15, -0.1) is 0 Å². The standard InChI is InChI=1S/C18H22ClN5O4/c1-10-8-11(2)24(23-10)13-7-6-12(19)15(20-13)16(26)28-9-14(25)21-17(27)22-18(3,4)5/h6-8H,9H2,1-5H3,(H2,21,22,25,27). The summed E-state index contributed by atoms with van der Waals surface area (Å²) in [7, 11) is 0. The Hall–Kier alpha value is -2.94. The highest BCUT2D eigenvalue weighted by molar-refractivity contribution is 6.33. The zero-order chi connectivity index (χ0) is 21.1. The van der Waals surface area contributed by atoms with Crippen molar-refractivity contribution >= 4 is 29.5 Å². The number of rotatable bonds is 4. The zero-order valence-electron chi connectivity index (χ0n) is 16.3. The van der Waals surface area contributed by atoms with E-state index in [1.165, 1.54) is 6.07 Å². The average molecular weight is 408 g/mol. The molecule has 3 amide bonds. The fourth-order valence-electron chi connectivity index (χ4n) is 2.29. The van der Waals surface area contributed by atoms with Crippen molar-refractivity contribution in [2.45, 2.75) is 40.2 Å².